The van der Waals surface area contributed by atoms with Gasteiger partial charge in [0.1, 0.15) is 5.78 Å². The number of aliphatic imine (C=N–C) groups is 1. The van der Waals surface area contributed by atoms with Crippen molar-refractivity contribution in [1.29, 1.82) is 0 Å². The van der Waals surface area contributed by atoms with Crippen molar-refractivity contribution < 1.29 is 9.59 Å². The molecule has 1 heterocycles. The Balaban J connectivity index is 1.79. The molecule has 0 bridgehead atoms. The van der Waals surface area contributed by atoms with E-state index < -0.39 is 0 Å². The van der Waals surface area contributed by atoms with Crippen LogP contribution in [0.3, 0.4) is 0 Å². The van der Waals surface area contributed by atoms with E-state index in [0.717, 1.165) is 40.3 Å². The van der Waals surface area contributed by atoms with Crippen LogP contribution in [0.1, 0.15) is 43.2 Å². The van der Waals surface area contributed by atoms with E-state index in [4.69, 9.17) is 4.99 Å². The third kappa shape index (κ3) is 3.86. The standard InChI is InChI=1S/C25H26N2O2S/c1-15-7-4-5-8-19(15)27-25(29)22-16(2)26-20-9-6-10-21(28)24(20)23(22)17-11-13-18(30-3)14-12-17/h4-5,7-8,11-14,23-24H,6,9-10H2,1-3H3,(H,27,29). The van der Waals surface area contributed by atoms with Crippen LogP contribution in [0, 0.1) is 12.8 Å². The Labute approximate surface area is 181 Å². The SMILES string of the molecule is CSc1ccc(C2C(C(=O)Nc3ccccc3C)=C(C)N=C3CCCC(=O)C32)cc1. The van der Waals surface area contributed by atoms with Crippen LogP contribution in [0.5, 0.6) is 0 Å². The summed E-state index contributed by atoms with van der Waals surface area (Å²) in [6.45, 7) is 3.86. The van der Waals surface area contributed by atoms with E-state index >= 15 is 0 Å². The maximum atomic E-state index is 13.5. The average molecular weight is 419 g/mol. The number of fused-ring (bicyclic) bond motifs is 1. The van der Waals surface area contributed by atoms with Gasteiger partial charge in [0.05, 0.1) is 5.92 Å². The molecule has 2 aromatic rings. The lowest BCUT2D eigenvalue weighted by molar-refractivity contribution is -0.122. The van der Waals surface area contributed by atoms with Crippen molar-refractivity contribution in [3.05, 3.63) is 70.9 Å². The Morgan fingerprint density at radius 3 is 2.47 bits per heavy atom. The van der Waals surface area contributed by atoms with Crippen molar-refractivity contribution in [2.24, 2.45) is 10.9 Å². The number of nitrogens with one attached hydrogen (secondary N) is 1. The zero-order valence-electron chi connectivity index (χ0n) is 17.6. The second-order valence-electron chi connectivity index (χ2n) is 7.92. The van der Waals surface area contributed by atoms with Gasteiger partial charge in [0.25, 0.3) is 5.91 Å². The lowest BCUT2D eigenvalue weighted by Gasteiger charge is -2.36. The first kappa shape index (κ1) is 20.6. The first-order chi connectivity index (χ1) is 14.5. The molecule has 1 aliphatic heterocycles. The van der Waals surface area contributed by atoms with Crippen molar-refractivity contribution in [2.75, 3.05) is 11.6 Å². The molecule has 4 nitrogen and oxygen atoms in total. The van der Waals surface area contributed by atoms with Crippen molar-refractivity contribution in [3.8, 4) is 0 Å². The molecule has 1 fully saturated rings. The second-order valence-corrected chi connectivity index (χ2v) is 8.80. The summed E-state index contributed by atoms with van der Waals surface area (Å²) in [5, 5.41) is 3.06. The number of anilines is 1. The number of thioether (sulfide) groups is 1. The maximum absolute atomic E-state index is 13.5. The van der Waals surface area contributed by atoms with Crippen LogP contribution in [0.15, 0.2) is 69.7 Å². The third-order valence-corrected chi connectivity index (χ3v) is 6.76. The first-order valence-corrected chi connectivity index (χ1v) is 11.5. The zero-order chi connectivity index (χ0) is 21.3. The minimum atomic E-state index is -0.347. The van der Waals surface area contributed by atoms with Crippen molar-refractivity contribution in [1.82, 2.24) is 0 Å². The normalized spacial score (nSPS) is 21.2. The van der Waals surface area contributed by atoms with Crippen LogP contribution in [-0.4, -0.2) is 23.7 Å². The molecule has 0 aromatic heterocycles. The highest BCUT2D eigenvalue weighted by molar-refractivity contribution is 7.98. The molecule has 0 radical (unpaired) electrons. The van der Waals surface area contributed by atoms with E-state index in [1.807, 2.05) is 44.4 Å². The summed E-state index contributed by atoms with van der Waals surface area (Å²) in [5.41, 5.74) is 5.01. The Bertz CT molecular complexity index is 1050. The molecule has 1 aliphatic carbocycles. The molecule has 2 aromatic carbocycles. The first-order valence-electron chi connectivity index (χ1n) is 10.3. The number of carbonyl (C=O) groups excluding carboxylic acids is 2. The maximum Gasteiger partial charge on any atom is 0.254 e. The predicted molar refractivity (Wildman–Crippen MR) is 123 cm³/mol. The molecule has 0 saturated heterocycles. The Kier molecular flexibility index (Phi) is 5.91. The summed E-state index contributed by atoms with van der Waals surface area (Å²) in [6, 6.07) is 15.9. The number of amides is 1. The molecule has 2 atom stereocenters. The highest BCUT2D eigenvalue weighted by atomic mass is 32.2. The van der Waals surface area contributed by atoms with Crippen LogP contribution < -0.4 is 5.32 Å². The molecule has 1 N–H and O–H groups in total. The Morgan fingerprint density at radius 2 is 1.77 bits per heavy atom. The number of allylic oxidation sites excluding steroid dienone is 1. The van der Waals surface area contributed by atoms with E-state index in [0.29, 0.717) is 17.7 Å². The fraction of sp³-hybridized carbons (Fsp3) is 0.320. The summed E-state index contributed by atoms with van der Waals surface area (Å²) < 4.78 is 0. The quantitative estimate of drug-likeness (QED) is 0.664. The van der Waals surface area contributed by atoms with E-state index in [1.165, 1.54) is 0 Å². The van der Waals surface area contributed by atoms with Gasteiger partial charge >= 0.3 is 0 Å². The monoisotopic (exact) mass is 418 g/mol. The van der Waals surface area contributed by atoms with Gasteiger partial charge in [-0.25, -0.2) is 0 Å². The topological polar surface area (TPSA) is 58.5 Å². The van der Waals surface area contributed by atoms with Gasteiger partial charge in [-0.1, -0.05) is 30.3 Å². The van der Waals surface area contributed by atoms with Gasteiger partial charge < -0.3 is 5.32 Å². The highest BCUT2D eigenvalue weighted by Gasteiger charge is 2.43. The van der Waals surface area contributed by atoms with E-state index in [1.54, 1.807) is 11.8 Å². The minimum Gasteiger partial charge on any atom is -0.322 e. The van der Waals surface area contributed by atoms with Crippen LogP contribution in [0.4, 0.5) is 5.69 Å². The minimum absolute atomic E-state index is 0.179. The molecule has 5 heteroatoms. The van der Waals surface area contributed by atoms with Gasteiger partial charge in [-0.2, -0.15) is 0 Å². The van der Waals surface area contributed by atoms with Crippen LogP contribution >= 0.6 is 11.8 Å². The number of rotatable bonds is 4. The van der Waals surface area contributed by atoms with E-state index in [2.05, 4.69) is 29.6 Å². The van der Waals surface area contributed by atoms with E-state index in [-0.39, 0.29) is 23.5 Å². The molecule has 2 unspecified atom stereocenters. The molecule has 1 saturated carbocycles. The summed E-state index contributed by atoms with van der Waals surface area (Å²) in [7, 11) is 0. The van der Waals surface area contributed by atoms with E-state index in [9.17, 15) is 9.59 Å². The van der Waals surface area contributed by atoms with Gasteiger partial charge in [0.2, 0.25) is 0 Å². The molecule has 4 rings (SSSR count). The number of benzene rings is 2. The lowest BCUT2D eigenvalue weighted by Crippen LogP contribution is -2.39. The number of para-hydroxylation sites is 1. The average Bonchev–Trinajstić information content (AvgIpc) is 2.74. The Morgan fingerprint density at radius 1 is 1.03 bits per heavy atom. The van der Waals surface area contributed by atoms with Crippen molar-refractivity contribution >= 4 is 34.9 Å². The summed E-state index contributed by atoms with van der Waals surface area (Å²) >= 11 is 1.68. The third-order valence-electron chi connectivity index (χ3n) is 6.02. The van der Waals surface area contributed by atoms with Gasteiger partial charge in [-0.15, -0.1) is 11.8 Å². The van der Waals surface area contributed by atoms with Gasteiger partial charge in [-0.3, -0.25) is 14.6 Å². The van der Waals surface area contributed by atoms with Crippen molar-refractivity contribution in [2.45, 2.75) is 43.9 Å². The van der Waals surface area contributed by atoms with Gasteiger partial charge in [-0.05, 0) is 62.3 Å². The lowest BCUT2D eigenvalue weighted by atomic mass is 9.69. The number of hydrogen-bond donors (Lipinski definition) is 1. The highest BCUT2D eigenvalue weighted by Crippen LogP contribution is 2.43. The molecule has 1 amide bonds. The van der Waals surface area contributed by atoms with Crippen LogP contribution in [-0.2, 0) is 9.59 Å². The zero-order valence-corrected chi connectivity index (χ0v) is 18.4. The number of carbonyl (C=O) groups is 2. The summed E-state index contributed by atoms with van der Waals surface area (Å²) in [4.78, 5) is 32.3. The molecular formula is C25H26N2O2S. The molecule has 0 spiro atoms. The fourth-order valence-corrected chi connectivity index (χ4v) is 4.90. The van der Waals surface area contributed by atoms with Gasteiger partial charge in [0, 0.05) is 39.9 Å². The predicted octanol–water partition coefficient (Wildman–Crippen LogP) is 5.54. The van der Waals surface area contributed by atoms with Gasteiger partial charge in [0.15, 0.2) is 0 Å². The molecular weight excluding hydrogens is 392 g/mol. The molecule has 2 aliphatic rings. The Hall–Kier alpha value is -2.66. The number of nitrogens with zero attached hydrogens (tertiary/aromatic N) is 1. The van der Waals surface area contributed by atoms with Crippen LogP contribution in [0.25, 0.3) is 0 Å². The number of Topliss-reactive ketones (excluding diaryl/α,β-unsaturated/α-hetero) is 1. The number of aryl methyl sites for hydroxylation is 1. The van der Waals surface area contributed by atoms with Crippen LogP contribution in [0.2, 0.25) is 0 Å². The number of ketones is 1. The number of hydrogen-bond acceptors (Lipinski definition) is 4. The molecule has 154 valence electrons. The largest absolute Gasteiger partial charge is 0.322 e. The molecule has 30 heavy (non-hydrogen) atoms. The second kappa shape index (κ2) is 8.60. The summed E-state index contributed by atoms with van der Waals surface area (Å²) in [5.74, 6) is -0.639. The smallest absolute Gasteiger partial charge is 0.254 e. The summed E-state index contributed by atoms with van der Waals surface area (Å²) in [6.07, 6.45) is 4.25. The fourth-order valence-electron chi connectivity index (χ4n) is 4.49. The van der Waals surface area contributed by atoms with Crippen molar-refractivity contribution in [3.63, 3.8) is 0 Å².